The molecule has 1 aliphatic heterocycles. The standard InChI is InChI=1S/C15H19NO3S/c1-4-11-13(17)9-12(10(2)14(11)20-3)15(18)16-5-7-19-8-6-16/h4,9,17H,1,5-8H2,2-3H3. The van der Waals surface area contributed by atoms with Gasteiger partial charge in [-0.2, -0.15) is 0 Å². The molecule has 1 aromatic rings. The number of ether oxygens (including phenoxy) is 1. The van der Waals surface area contributed by atoms with E-state index in [1.807, 2.05) is 13.2 Å². The van der Waals surface area contributed by atoms with E-state index in [2.05, 4.69) is 6.58 Å². The molecule has 4 nitrogen and oxygen atoms in total. The van der Waals surface area contributed by atoms with E-state index in [1.54, 1.807) is 17.0 Å². The SMILES string of the molecule is C=Cc1c(O)cc(C(=O)N2CCOCC2)c(C)c1SC. The van der Waals surface area contributed by atoms with Gasteiger partial charge in [-0.1, -0.05) is 12.7 Å². The van der Waals surface area contributed by atoms with Gasteiger partial charge in [0.1, 0.15) is 5.75 Å². The molecule has 1 fully saturated rings. The third kappa shape index (κ3) is 2.69. The number of phenols is 1. The van der Waals surface area contributed by atoms with Crippen molar-refractivity contribution in [2.75, 3.05) is 32.6 Å². The number of nitrogens with zero attached hydrogens (tertiary/aromatic N) is 1. The van der Waals surface area contributed by atoms with Gasteiger partial charge in [0.05, 0.1) is 13.2 Å². The predicted molar refractivity (Wildman–Crippen MR) is 81.4 cm³/mol. The van der Waals surface area contributed by atoms with Crippen LogP contribution in [0.5, 0.6) is 5.75 Å². The van der Waals surface area contributed by atoms with Crippen LogP contribution in [0.15, 0.2) is 17.5 Å². The van der Waals surface area contributed by atoms with Crippen LogP contribution in [0, 0.1) is 6.92 Å². The van der Waals surface area contributed by atoms with Crippen molar-refractivity contribution in [1.29, 1.82) is 0 Å². The average Bonchev–Trinajstić information content (AvgIpc) is 2.48. The Morgan fingerprint density at radius 1 is 1.50 bits per heavy atom. The first-order valence-electron chi connectivity index (χ1n) is 6.50. The molecule has 1 aliphatic rings. The zero-order valence-electron chi connectivity index (χ0n) is 11.8. The van der Waals surface area contributed by atoms with Crippen molar-refractivity contribution in [2.45, 2.75) is 11.8 Å². The van der Waals surface area contributed by atoms with Crippen molar-refractivity contribution in [3.63, 3.8) is 0 Å². The molecular formula is C15H19NO3S. The maximum absolute atomic E-state index is 12.6. The van der Waals surface area contributed by atoms with Gasteiger partial charge in [-0.15, -0.1) is 11.8 Å². The molecule has 2 rings (SSSR count). The summed E-state index contributed by atoms with van der Waals surface area (Å²) in [5.74, 6) is 0.0542. The Hall–Kier alpha value is -1.46. The molecule has 1 amide bonds. The lowest BCUT2D eigenvalue weighted by Crippen LogP contribution is -2.41. The summed E-state index contributed by atoms with van der Waals surface area (Å²) in [6, 6.07) is 1.55. The third-order valence-electron chi connectivity index (χ3n) is 3.48. The number of hydrogen-bond donors (Lipinski definition) is 1. The number of aromatic hydroxyl groups is 1. The van der Waals surface area contributed by atoms with Gasteiger partial charge < -0.3 is 14.7 Å². The minimum atomic E-state index is -0.0491. The van der Waals surface area contributed by atoms with Crippen LogP contribution in [0.25, 0.3) is 6.08 Å². The molecule has 1 N–H and O–H groups in total. The first-order chi connectivity index (χ1) is 9.60. The largest absolute Gasteiger partial charge is 0.507 e. The first-order valence-corrected chi connectivity index (χ1v) is 7.72. The van der Waals surface area contributed by atoms with E-state index in [4.69, 9.17) is 4.74 Å². The maximum Gasteiger partial charge on any atom is 0.254 e. The predicted octanol–water partition coefficient (Wildman–Crippen LogP) is 2.54. The average molecular weight is 293 g/mol. The number of thioether (sulfide) groups is 1. The van der Waals surface area contributed by atoms with E-state index >= 15 is 0 Å². The Morgan fingerprint density at radius 2 is 2.15 bits per heavy atom. The van der Waals surface area contributed by atoms with Crippen LogP contribution in [0.3, 0.4) is 0 Å². The molecule has 1 saturated heterocycles. The summed E-state index contributed by atoms with van der Waals surface area (Å²) < 4.78 is 5.26. The van der Waals surface area contributed by atoms with Crippen molar-refractivity contribution in [3.05, 3.63) is 29.3 Å². The third-order valence-corrected chi connectivity index (χ3v) is 4.42. The molecule has 1 aromatic carbocycles. The lowest BCUT2D eigenvalue weighted by atomic mass is 10.0. The molecule has 0 spiro atoms. The van der Waals surface area contributed by atoms with Gasteiger partial charge >= 0.3 is 0 Å². The number of morpholine rings is 1. The number of carbonyl (C=O) groups excluding carboxylic acids is 1. The van der Waals surface area contributed by atoms with Gasteiger partial charge in [-0.3, -0.25) is 4.79 Å². The fraction of sp³-hybridized carbons (Fsp3) is 0.400. The van der Waals surface area contributed by atoms with Crippen LogP contribution < -0.4 is 0 Å². The first kappa shape index (κ1) is 14.9. The molecule has 20 heavy (non-hydrogen) atoms. The van der Waals surface area contributed by atoms with Crippen LogP contribution >= 0.6 is 11.8 Å². The van der Waals surface area contributed by atoms with Crippen molar-refractivity contribution < 1.29 is 14.6 Å². The summed E-state index contributed by atoms with van der Waals surface area (Å²) in [7, 11) is 0. The minimum Gasteiger partial charge on any atom is -0.507 e. The van der Waals surface area contributed by atoms with E-state index in [9.17, 15) is 9.90 Å². The van der Waals surface area contributed by atoms with Gasteiger partial charge in [-0.05, 0) is 24.8 Å². The van der Waals surface area contributed by atoms with Crippen LogP contribution in [-0.4, -0.2) is 48.5 Å². The molecule has 1 heterocycles. The minimum absolute atomic E-state index is 0.0491. The summed E-state index contributed by atoms with van der Waals surface area (Å²) in [6.07, 6.45) is 3.55. The second-order valence-electron chi connectivity index (χ2n) is 4.62. The van der Waals surface area contributed by atoms with Crippen LogP contribution in [0.2, 0.25) is 0 Å². The molecule has 5 heteroatoms. The van der Waals surface area contributed by atoms with E-state index in [0.29, 0.717) is 37.4 Å². The molecule has 0 saturated carbocycles. The van der Waals surface area contributed by atoms with Crippen molar-refractivity contribution in [2.24, 2.45) is 0 Å². The maximum atomic E-state index is 12.6. The van der Waals surface area contributed by atoms with Crippen LogP contribution in [0.4, 0.5) is 0 Å². The second kappa shape index (κ2) is 6.33. The highest BCUT2D eigenvalue weighted by atomic mass is 32.2. The quantitative estimate of drug-likeness (QED) is 0.870. The van der Waals surface area contributed by atoms with Crippen molar-refractivity contribution >= 4 is 23.7 Å². The fourth-order valence-corrected chi connectivity index (χ4v) is 3.21. The highest BCUT2D eigenvalue weighted by Crippen LogP contribution is 2.35. The van der Waals surface area contributed by atoms with Crippen molar-refractivity contribution in [3.8, 4) is 5.75 Å². The lowest BCUT2D eigenvalue weighted by Gasteiger charge is -2.28. The van der Waals surface area contributed by atoms with Crippen molar-refractivity contribution in [1.82, 2.24) is 4.90 Å². The van der Waals surface area contributed by atoms with E-state index < -0.39 is 0 Å². The highest BCUT2D eigenvalue weighted by Gasteiger charge is 2.23. The number of carbonyl (C=O) groups is 1. The monoisotopic (exact) mass is 293 g/mol. The summed E-state index contributed by atoms with van der Waals surface area (Å²) in [5, 5.41) is 10.1. The van der Waals surface area contributed by atoms with Gasteiger partial charge in [0, 0.05) is 29.1 Å². The zero-order valence-corrected chi connectivity index (χ0v) is 12.6. The molecule has 0 atom stereocenters. The molecule has 0 radical (unpaired) electrons. The van der Waals surface area contributed by atoms with Crippen LogP contribution in [-0.2, 0) is 4.74 Å². The van der Waals surface area contributed by atoms with Crippen LogP contribution in [0.1, 0.15) is 21.5 Å². The Bertz CT molecular complexity index is 536. The lowest BCUT2D eigenvalue weighted by molar-refractivity contribution is 0.0302. The molecule has 0 aromatic heterocycles. The Morgan fingerprint density at radius 3 is 2.70 bits per heavy atom. The smallest absolute Gasteiger partial charge is 0.254 e. The normalized spacial score (nSPS) is 15.2. The second-order valence-corrected chi connectivity index (χ2v) is 5.44. The summed E-state index contributed by atoms with van der Waals surface area (Å²) >= 11 is 1.51. The molecular weight excluding hydrogens is 274 g/mol. The van der Waals surface area contributed by atoms with E-state index in [1.165, 1.54) is 11.8 Å². The topological polar surface area (TPSA) is 49.8 Å². The van der Waals surface area contributed by atoms with Gasteiger partial charge in [0.15, 0.2) is 0 Å². The van der Waals surface area contributed by atoms with E-state index in [-0.39, 0.29) is 11.7 Å². The number of amides is 1. The highest BCUT2D eigenvalue weighted by molar-refractivity contribution is 7.98. The van der Waals surface area contributed by atoms with E-state index in [0.717, 1.165) is 10.5 Å². The Labute approximate surface area is 123 Å². The number of rotatable bonds is 3. The molecule has 0 bridgehead atoms. The number of hydrogen-bond acceptors (Lipinski definition) is 4. The fourth-order valence-electron chi connectivity index (χ4n) is 2.38. The number of phenolic OH excluding ortho intramolecular Hbond substituents is 1. The van der Waals surface area contributed by atoms with Gasteiger partial charge in [0.25, 0.3) is 5.91 Å². The van der Waals surface area contributed by atoms with Gasteiger partial charge in [0.2, 0.25) is 0 Å². The molecule has 108 valence electrons. The summed E-state index contributed by atoms with van der Waals surface area (Å²) in [4.78, 5) is 15.2. The number of benzene rings is 1. The Balaban J connectivity index is 2.43. The Kier molecular flexibility index (Phi) is 4.73. The molecule has 0 unspecified atom stereocenters. The summed E-state index contributed by atoms with van der Waals surface area (Å²) in [6.45, 7) is 7.95. The molecule has 0 aliphatic carbocycles. The van der Waals surface area contributed by atoms with Gasteiger partial charge in [-0.25, -0.2) is 0 Å². The zero-order chi connectivity index (χ0) is 14.7. The summed E-state index contributed by atoms with van der Waals surface area (Å²) in [5.41, 5.74) is 2.13.